The molecule has 154 valence electrons. The van der Waals surface area contributed by atoms with Gasteiger partial charge >= 0.3 is 5.63 Å². The van der Waals surface area contributed by atoms with Crippen LogP contribution >= 0.6 is 0 Å². The van der Waals surface area contributed by atoms with Gasteiger partial charge in [-0.3, -0.25) is 9.78 Å². The van der Waals surface area contributed by atoms with Crippen LogP contribution in [-0.2, 0) is 17.6 Å². The summed E-state index contributed by atoms with van der Waals surface area (Å²) in [7, 11) is 0. The van der Waals surface area contributed by atoms with Crippen LogP contribution in [0.3, 0.4) is 0 Å². The van der Waals surface area contributed by atoms with Gasteiger partial charge in [0.05, 0.1) is 6.26 Å². The molecule has 0 bridgehead atoms. The number of nitrogens with one attached hydrogen (secondary N) is 1. The van der Waals surface area contributed by atoms with Crippen molar-refractivity contribution in [3.63, 3.8) is 0 Å². The van der Waals surface area contributed by atoms with Crippen molar-refractivity contribution in [1.29, 1.82) is 0 Å². The highest BCUT2D eigenvalue weighted by molar-refractivity contribution is 5.99. The maximum Gasteiger partial charge on any atom is 0.339 e. The molecule has 3 aromatic heterocycles. The molecule has 0 aliphatic rings. The van der Waals surface area contributed by atoms with Crippen LogP contribution in [0, 0.1) is 20.8 Å². The molecule has 0 saturated carbocycles. The fourth-order valence-corrected chi connectivity index (χ4v) is 3.83. The Morgan fingerprint density at radius 3 is 2.57 bits per heavy atom. The van der Waals surface area contributed by atoms with E-state index in [1.54, 1.807) is 18.7 Å². The van der Waals surface area contributed by atoms with Crippen molar-refractivity contribution in [1.82, 2.24) is 10.3 Å². The second kappa shape index (κ2) is 8.14. The molecule has 0 atom stereocenters. The SMILES string of the molecule is Cc1coc2c(C)c3oc(=O)c(CCC(=O)NCCc4ccncc4)c(C)c3cc12. The van der Waals surface area contributed by atoms with Gasteiger partial charge < -0.3 is 14.2 Å². The molecule has 0 unspecified atom stereocenters. The van der Waals surface area contributed by atoms with E-state index in [4.69, 9.17) is 8.83 Å². The highest BCUT2D eigenvalue weighted by atomic mass is 16.4. The zero-order valence-corrected chi connectivity index (χ0v) is 17.4. The fraction of sp³-hybridized carbons (Fsp3) is 0.292. The molecule has 6 heteroatoms. The maximum atomic E-state index is 12.6. The summed E-state index contributed by atoms with van der Waals surface area (Å²) in [4.78, 5) is 28.9. The van der Waals surface area contributed by atoms with Crippen LogP contribution in [0.5, 0.6) is 0 Å². The van der Waals surface area contributed by atoms with E-state index in [9.17, 15) is 9.59 Å². The predicted molar refractivity (Wildman–Crippen MR) is 116 cm³/mol. The summed E-state index contributed by atoms with van der Waals surface area (Å²) in [6, 6.07) is 5.86. The van der Waals surface area contributed by atoms with Gasteiger partial charge in [0.15, 0.2) is 0 Å². The monoisotopic (exact) mass is 404 g/mol. The fourth-order valence-electron chi connectivity index (χ4n) is 3.83. The lowest BCUT2D eigenvalue weighted by molar-refractivity contribution is -0.121. The molecule has 4 aromatic rings. The van der Waals surface area contributed by atoms with Crippen LogP contribution in [-0.4, -0.2) is 17.4 Å². The van der Waals surface area contributed by atoms with Crippen LogP contribution < -0.4 is 10.9 Å². The lowest BCUT2D eigenvalue weighted by Crippen LogP contribution is -2.26. The lowest BCUT2D eigenvalue weighted by atomic mass is 9.98. The number of hydrogen-bond donors (Lipinski definition) is 1. The van der Waals surface area contributed by atoms with Crippen molar-refractivity contribution >= 4 is 27.8 Å². The molecule has 0 aliphatic heterocycles. The van der Waals surface area contributed by atoms with Gasteiger partial charge in [0.2, 0.25) is 5.91 Å². The van der Waals surface area contributed by atoms with Gasteiger partial charge in [-0.1, -0.05) is 0 Å². The molecule has 1 aromatic carbocycles. The zero-order valence-electron chi connectivity index (χ0n) is 17.4. The Morgan fingerprint density at radius 1 is 1.03 bits per heavy atom. The third kappa shape index (κ3) is 3.73. The third-order valence-corrected chi connectivity index (χ3v) is 5.62. The molecule has 30 heavy (non-hydrogen) atoms. The molecular formula is C24H24N2O4. The van der Waals surface area contributed by atoms with Crippen molar-refractivity contribution in [2.45, 2.75) is 40.0 Å². The minimum absolute atomic E-state index is 0.0831. The van der Waals surface area contributed by atoms with Crippen molar-refractivity contribution in [3.8, 4) is 0 Å². The van der Waals surface area contributed by atoms with E-state index in [1.165, 1.54) is 0 Å². The molecule has 0 aliphatic carbocycles. The lowest BCUT2D eigenvalue weighted by Gasteiger charge is -2.10. The maximum absolute atomic E-state index is 12.6. The molecule has 4 rings (SSSR count). The molecule has 0 spiro atoms. The number of benzene rings is 1. The molecule has 3 heterocycles. The number of carbonyl (C=O) groups is 1. The highest BCUT2D eigenvalue weighted by Gasteiger charge is 2.18. The van der Waals surface area contributed by atoms with Gasteiger partial charge in [-0.15, -0.1) is 0 Å². The number of amides is 1. The first-order valence-corrected chi connectivity index (χ1v) is 10.0. The van der Waals surface area contributed by atoms with E-state index in [0.717, 1.165) is 45.0 Å². The Bertz CT molecular complexity index is 1290. The zero-order chi connectivity index (χ0) is 21.3. The molecular weight excluding hydrogens is 380 g/mol. The smallest absolute Gasteiger partial charge is 0.339 e. The van der Waals surface area contributed by atoms with Crippen molar-refractivity contribution in [3.05, 3.63) is 75.1 Å². The van der Waals surface area contributed by atoms with E-state index >= 15 is 0 Å². The van der Waals surface area contributed by atoms with Crippen LogP contribution in [0.1, 0.15) is 34.2 Å². The minimum Gasteiger partial charge on any atom is -0.464 e. The number of rotatable bonds is 6. The summed E-state index contributed by atoms with van der Waals surface area (Å²) in [6.07, 6.45) is 6.50. The average molecular weight is 404 g/mol. The first kappa shape index (κ1) is 19.9. The number of pyridine rings is 1. The predicted octanol–water partition coefficient (Wildman–Crippen LogP) is 4.15. The van der Waals surface area contributed by atoms with Gasteiger partial charge in [-0.05, 0) is 68.5 Å². The number of hydrogen-bond acceptors (Lipinski definition) is 5. The van der Waals surface area contributed by atoms with Gasteiger partial charge in [0, 0.05) is 47.3 Å². The quantitative estimate of drug-likeness (QED) is 0.488. The molecule has 0 fully saturated rings. The number of carbonyl (C=O) groups excluding carboxylic acids is 1. The molecule has 0 radical (unpaired) electrons. The van der Waals surface area contributed by atoms with Crippen LogP contribution in [0.25, 0.3) is 21.9 Å². The Kier molecular flexibility index (Phi) is 5.40. The van der Waals surface area contributed by atoms with E-state index in [0.29, 0.717) is 24.1 Å². The molecule has 0 saturated heterocycles. The van der Waals surface area contributed by atoms with Gasteiger partial charge in [0.1, 0.15) is 11.2 Å². The average Bonchev–Trinajstić information content (AvgIpc) is 3.11. The minimum atomic E-state index is -0.393. The largest absolute Gasteiger partial charge is 0.464 e. The number of fused-ring (bicyclic) bond motifs is 2. The molecule has 6 nitrogen and oxygen atoms in total. The Hall–Kier alpha value is -3.41. The van der Waals surface area contributed by atoms with Gasteiger partial charge in [-0.25, -0.2) is 4.79 Å². The second-order valence-electron chi connectivity index (χ2n) is 7.62. The van der Waals surface area contributed by atoms with Crippen LogP contribution in [0.4, 0.5) is 0 Å². The number of aromatic nitrogens is 1. The van der Waals surface area contributed by atoms with E-state index in [2.05, 4.69) is 10.3 Å². The van der Waals surface area contributed by atoms with E-state index in [1.807, 2.05) is 39.0 Å². The second-order valence-corrected chi connectivity index (χ2v) is 7.62. The summed E-state index contributed by atoms with van der Waals surface area (Å²) in [5, 5.41) is 4.81. The molecule has 1 amide bonds. The van der Waals surface area contributed by atoms with Crippen LogP contribution in [0.2, 0.25) is 0 Å². The topological polar surface area (TPSA) is 85.3 Å². The summed E-state index contributed by atoms with van der Waals surface area (Å²) in [5.41, 5.74) is 5.27. The first-order chi connectivity index (χ1) is 14.5. The van der Waals surface area contributed by atoms with Crippen molar-refractivity contribution in [2.75, 3.05) is 6.54 Å². The Labute approximate surface area is 173 Å². The standard InChI is InChI=1S/C24H24N2O4/c1-14-13-29-22-16(3)23-20(12-19(14)22)15(2)18(24(28)30-23)4-5-21(27)26-11-8-17-6-9-25-10-7-17/h6-7,9-10,12-13H,4-5,8,11H2,1-3H3,(H,26,27). The summed E-state index contributed by atoms with van der Waals surface area (Å²) < 4.78 is 11.3. The molecule has 1 N–H and O–H groups in total. The highest BCUT2D eigenvalue weighted by Crippen LogP contribution is 2.32. The summed E-state index contributed by atoms with van der Waals surface area (Å²) in [6.45, 7) is 6.34. The Morgan fingerprint density at radius 2 is 1.80 bits per heavy atom. The number of aryl methyl sites for hydroxylation is 3. The third-order valence-electron chi connectivity index (χ3n) is 5.62. The summed E-state index contributed by atoms with van der Waals surface area (Å²) in [5.74, 6) is -0.0831. The Balaban J connectivity index is 1.51. The van der Waals surface area contributed by atoms with Crippen molar-refractivity contribution < 1.29 is 13.6 Å². The summed E-state index contributed by atoms with van der Waals surface area (Å²) >= 11 is 0. The number of furan rings is 1. The van der Waals surface area contributed by atoms with Gasteiger partial charge in [-0.2, -0.15) is 0 Å². The normalized spacial score (nSPS) is 11.3. The number of nitrogens with zero attached hydrogens (tertiary/aromatic N) is 1. The van der Waals surface area contributed by atoms with E-state index in [-0.39, 0.29) is 12.3 Å². The van der Waals surface area contributed by atoms with Crippen molar-refractivity contribution in [2.24, 2.45) is 0 Å². The first-order valence-electron chi connectivity index (χ1n) is 10.0. The van der Waals surface area contributed by atoms with E-state index < -0.39 is 5.63 Å². The van der Waals surface area contributed by atoms with Gasteiger partial charge in [0.25, 0.3) is 0 Å². The van der Waals surface area contributed by atoms with Crippen LogP contribution in [0.15, 0.2) is 50.5 Å².